The molecule has 2 aromatic rings. The lowest BCUT2D eigenvalue weighted by Crippen LogP contribution is -2.25. The molecule has 0 saturated carbocycles. The Morgan fingerprint density at radius 3 is 2.11 bits per heavy atom. The van der Waals surface area contributed by atoms with Crippen LogP contribution >= 0.6 is 0 Å². The van der Waals surface area contributed by atoms with Gasteiger partial charge in [0.25, 0.3) is 0 Å². The van der Waals surface area contributed by atoms with Crippen LogP contribution in [-0.2, 0) is 9.53 Å². The highest BCUT2D eigenvalue weighted by molar-refractivity contribution is 6.02. The average Bonchev–Trinajstić information content (AvgIpc) is 2.61. The third kappa shape index (κ3) is 5.28. The van der Waals surface area contributed by atoms with Gasteiger partial charge < -0.3 is 10.1 Å². The van der Waals surface area contributed by atoms with E-state index in [1.165, 1.54) is 0 Å². The smallest absolute Gasteiger partial charge is 0.339 e. The Balaban J connectivity index is 2.06. The summed E-state index contributed by atoms with van der Waals surface area (Å²) in [4.78, 5) is 36.8. The monoisotopic (exact) mass is 381 g/mol. The lowest BCUT2D eigenvalue weighted by Gasteiger charge is -2.15. The summed E-state index contributed by atoms with van der Waals surface area (Å²) in [7, 11) is 0. The number of rotatable bonds is 7. The maximum Gasteiger partial charge on any atom is 0.339 e. The van der Waals surface area contributed by atoms with E-state index in [1.54, 1.807) is 31.2 Å². The van der Waals surface area contributed by atoms with Crippen LogP contribution < -0.4 is 5.32 Å². The zero-order valence-corrected chi connectivity index (χ0v) is 17.1. The fraction of sp³-hybridized carbons (Fsp3) is 0.348. The van der Waals surface area contributed by atoms with Crippen molar-refractivity contribution in [3.63, 3.8) is 0 Å². The van der Waals surface area contributed by atoms with E-state index >= 15 is 0 Å². The van der Waals surface area contributed by atoms with Crippen molar-refractivity contribution in [3.05, 3.63) is 64.2 Å². The summed E-state index contributed by atoms with van der Waals surface area (Å²) >= 11 is 0. The van der Waals surface area contributed by atoms with Crippen LogP contribution in [-0.4, -0.2) is 23.8 Å². The molecule has 28 heavy (non-hydrogen) atoms. The predicted molar refractivity (Wildman–Crippen MR) is 110 cm³/mol. The van der Waals surface area contributed by atoms with Gasteiger partial charge in [0.1, 0.15) is 0 Å². The van der Waals surface area contributed by atoms with E-state index in [1.807, 2.05) is 39.8 Å². The number of Topliss-reactive ketones (excluding diaryl/α,β-unsaturated/α-hetero) is 1. The minimum Gasteiger partial charge on any atom is -0.451 e. The highest BCUT2D eigenvalue weighted by atomic mass is 16.5. The normalized spacial score (nSPS) is 11.6. The first-order valence-electron chi connectivity index (χ1n) is 9.45. The number of anilines is 1. The minimum absolute atomic E-state index is 0.0623. The molecule has 148 valence electrons. The van der Waals surface area contributed by atoms with Crippen molar-refractivity contribution in [3.8, 4) is 0 Å². The number of hydrogen-bond donors (Lipinski definition) is 1. The number of aryl methyl sites for hydroxylation is 3. The van der Waals surface area contributed by atoms with Crippen molar-refractivity contribution in [2.45, 2.75) is 53.6 Å². The number of carbonyl (C=O) groups is 3. The zero-order valence-electron chi connectivity index (χ0n) is 17.1. The Bertz CT molecular complexity index is 861. The van der Waals surface area contributed by atoms with Gasteiger partial charge in [-0.1, -0.05) is 24.6 Å². The van der Waals surface area contributed by atoms with Crippen LogP contribution in [0.5, 0.6) is 0 Å². The molecule has 0 aliphatic heterocycles. The zero-order chi connectivity index (χ0) is 20.8. The molecule has 0 aliphatic rings. The van der Waals surface area contributed by atoms with Gasteiger partial charge in [0.05, 0.1) is 5.56 Å². The molecule has 0 fully saturated rings. The second-order valence-electron chi connectivity index (χ2n) is 7.06. The number of ketones is 1. The number of carbonyl (C=O) groups excluding carboxylic acids is 3. The molecular formula is C23H27NO4. The lowest BCUT2D eigenvalue weighted by molar-refractivity contribution is -0.116. The molecule has 2 aromatic carbocycles. The van der Waals surface area contributed by atoms with Crippen molar-refractivity contribution < 1.29 is 19.1 Å². The topological polar surface area (TPSA) is 72.5 Å². The van der Waals surface area contributed by atoms with E-state index in [0.29, 0.717) is 23.2 Å². The first kappa shape index (κ1) is 21.4. The summed E-state index contributed by atoms with van der Waals surface area (Å²) in [5, 5.41) is 2.77. The summed E-state index contributed by atoms with van der Waals surface area (Å²) in [6.07, 6.45) is 0.310. The van der Waals surface area contributed by atoms with E-state index in [-0.39, 0.29) is 11.7 Å². The molecule has 5 heteroatoms. The second-order valence-corrected chi connectivity index (χ2v) is 7.06. The molecular weight excluding hydrogens is 354 g/mol. The lowest BCUT2D eigenvalue weighted by atomic mass is 10.00. The number of benzene rings is 2. The van der Waals surface area contributed by atoms with Crippen LogP contribution in [0.2, 0.25) is 0 Å². The van der Waals surface area contributed by atoms with Crippen LogP contribution in [0.3, 0.4) is 0 Å². The molecule has 2 rings (SSSR count). The minimum atomic E-state index is -0.909. The van der Waals surface area contributed by atoms with Crippen LogP contribution in [0.4, 0.5) is 5.69 Å². The number of esters is 1. The van der Waals surface area contributed by atoms with Gasteiger partial charge in [-0.3, -0.25) is 9.59 Å². The van der Waals surface area contributed by atoms with Gasteiger partial charge in [0.15, 0.2) is 6.10 Å². The van der Waals surface area contributed by atoms with E-state index in [0.717, 1.165) is 23.1 Å². The van der Waals surface area contributed by atoms with Crippen molar-refractivity contribution >= 4 is 23.3 Å². The molecule has 1 atom stereocenters. The molecule has 0 aliphatic carbocycles. The Hall–Kier alpha value is -2.95. The van der Waals surface area contributed by atoms with Gasteiger partial charge in [0, 0.05) is 17.7 Å². The highest BCUT2D eigenvalue weighted by Crippen LogP contribution is 2.19. The molecule has 0 bridgehead atoms. The van der Waals surface area contributed by atoms with Gasteiger partial charge in [-0.05, 0) is 69.5 Å². The molecule has 5 nitrogen and oxygen atoms in total. The van der Waals surface area contributed by atoms with Gasteiger partial charge >= 0.3 is 5.97 Å². The summed E-state index contributed by atoms with van der Waals surface area (Å²) in [5.41, 5.74) is 4.28. The van der Waals surface area contributed by atoms with Gasteiger partial charge in [-0.25, -0.2) is 4.79 Å². The van der Waals surface area contributed by atoms with Crippen molar-refractivity contribution in [2.24, 2.45) is 0 Å². The highest BCUT2D eigenvalue weighted by Gasteiger charge is 2.22. The fourth-order valence-electron chi connectivity index (χ4n) is 3.18. The molecule has 1 N–H and O–H groups in total. The third-order valence-electron chi connectivity index (χ3n) is 4.46. The van der Waals surface area contributed by atoms with Crippen LogP contribution in [0.1, 0.15) is 64.1 Å². The Morgan fingerprint density at radius 1 is 1.00 bits per heavy atom. The van der Waals surface area contributed by atoms with E-state index in [2.05, 4.69) is 5.32 Å². The first-order chi connectivity index (χ1) is 13.2. The van der Waals surface area contributed by atoms with Crippen LogP contribution in [0.25, 0.3) is 0 Å². The number of amides is 1. The second kappa shape index (κ2) is 9.31. The number of hydrogen-bond acceptors (Lipinski definition) is 4. The van der Waals surface area contributed by atoms with E-state index in [9.17, 15) is 14.4 Å². The Morgan fingerprint density at radius 2 is 1.57 bits per heavy atom. The SMILES string of the molecule is CCCC(=O)Nc1ccc(C(=O)C(C)OC(=O)c2c(C)cc(C)cc2C)cc1. The third-order valence-corrected chi connectivity index (χ3v) is 4.46. The van der Waals surface area contributed by atoms with Crippen molar-refractivity contribution in [1.82, 2.24) is 0 Å². The average molecular weight is 381 g/mol. The van der Waals surface area contributed by atoms with E-state index < -0.39 is 12.1 Å². The molecule has 0 spiro atoms. The molecule has 1 amide bonds. The van der Waals surface area contributed by atoms with E-state index in [4.69, 9.17) is 4.74 Å². The van der Waals surface area contributed by atoms with Gasteiger partial charge in [0.2, 0.25) is 11.7 Å². The summed E-state index contributed by atoms with van der Waals surface area (Å²) < 4.78 is 5.42. The first-order valence-corrected chi connectivity index (χ1v) is 9.45. The van der Waals surface area contributed by atoms with Gasteiger partial charge in [-0.2, -0.15) is 0 Å². The molecule has 1 unspecified atom stereocenters. The predicted octanol–water partition coefficient (Wildman–Crippen LogP) is 4.78. The Labute approximate surface area is 166 Å². The molecule has 0 saturated heterocycles. The summed E-state index contributed by atoms with van der Waals surface area (Å²) in [6.45, 7) is 9.18. The largest absolute Gasteiger partial charge is 0.451 e. The summed E-state index contributed by atoms with van der Waals surface area (Å²) in [6, 6.07) is 10.4. The Kier molecular flexibility index (Phi) is 7.10. The van der Waals surface area contributed by atoms with Gasteiger partial charge in [-0.15, -0.1) is 0 Å². The summed E-state index contributed by atoms with van der Waals surface area (Å²) in [5.74, 6) is -0.853. The maximum absolute atomic E-state index is 12.6. The number of nitrogens with one attached hydrogen (secondary N) is 1. The maximum atomic E-state index is 12.6. The molecule has 0 aromatic heterocycles. The number of ether oxygens (including phenoxy) is 1. The van der Waals surface area contributed by atoms with Crippen molar-refractivity contribution in [2.75, 3.05) is 5.32 Å². The molecule has 0 heterocycles. The molecule has 0 radical (unpaired) electrons. The fourth-order valence-corrected chi connectivity index (χ4v) is 3.18. The van der Waals surface area contributed by atoms with Crippen LogP contribution in [0.15, 0.2) is 36.4 Å². The van der Waals surface area contributed by atoms with Crippen LogP contribution in [0, 0.1) is 20.8 Å². The quantitative estimate of drug-likeness (QED) is 0.553. The van der Waals surface area contributed by atoms with Crippen molar-refractivity contribution in [1.29, 1.82) is 0 Å². The standard InChI is InChI=1S/C23H27NO4/c1-6-7-20(25)24-19-10-8-18(9-11-19)22(26)17(5)28-23(27)21-15(3)12-14(2)13-16(21)4/h8-13,17H,6-7H2,1-5H3,(H,24,25).